The summed E-state index contributed by atoms with van der Waals surface area (Å²) in [4.78, 5) is 12.6. The van der Waals surface area contributed by atoms with Gasteiger partial charge in [-0.1, -0.05) is 24.3 Å². The van der Waals surface area contributed by atoms with Gasteiger partial charge in [0.1, 0.15) is 11.5 Å². The molecule has 3 nitrogen and oxygen atoms in total. The van der Waals surface area contributed by atoms with Crippen LogP contribution < -0.4 is 9.47 Å². The maximum atomic E-state index is 12.6. The summed E-state index contributed by atoms with van der Waals surface area (Å²) < 4.78 is 10.5. The van der Waals surface area contributed by atoms with Crippen molar-refractivity contribution in [2.75, 3.05) is 14.2 Å². The van der Waals surface area contributed by atoms with Crippen molar-refractivity contribution in [3.63, 3.8) is 0 Å². The zero-order valence-electron chi connectivity index (χ0n) is 13.9. The van der Waals surface area contributed by atoms with Gasteiger partial charge in [0.05, 0.1) is 14.2 Å². The Kier molecular flexibility index (Phi) is 4.80. The SMILES string of the molecule is COc1cccc(/C=C2/CC/C(=C\c3cccc(OC)c3)C2=O)c1. The number of ketones is 1. The number of carbonyl (C=O) groups is 1. The van der Waals surface area contributed by atoms with E-state index in [-0.39, 0.29) is 5.78 Å². The molecule has 0 heterocycles. The van der Waals surface area contributed by atoms with Crippen LogP contribution in [-0.4, -0.2) is 20.0 Å². The van der Waals surface area contributed by atoms with Gasteiger partial charge in [0.15, 0.2) is 5.78 Å². The highest BCUT2D eigenvalue weighted by Gasteiger charge is 2.22. The Balaban J connectivity index is 1.83. The van der Waals surface area contributed by atoms with Crippen LogP contribution in [0.4, 0.5) is 0 Å². The Morgan fingerprint density at radius 1 is 0.792 bits per heavy atom. The van der Waals surface area contributed by atoms with Crippen molar-refractivity contribution in [1.82, 2.24) is 0 Å². The molecule has 1 aliphatic rings. The second kappa shape index (κ2) is 7.18. The van der Waals surface area contributed by atoms with Gasteiger partial charge < -0.3 is 9.47 Å². The number of Topliss-reactive ketones (excluding diaryl/α,β-unsaturated/α-hetero) is 1. The molecule has 0 aromatic heterocycles. The van der Waals surface area contributed by atoms with E-state index in [9.17, 15) is 4.79 Å². The summed E-state index contributed by atoms with van der Waals surface area (Å²) in [6.45, 7) is 0. The smallest absolute Gasteiger partial charge is 0.185 e. The lowest BCUT2D eigenvalue weighted by molar-refractivity contribution is -0.111. The van der Waals surface area contributed by atoms with Crippen LogP contribution in [0.2, 0.25) is 0 Å². The Bertz CT molecular complexity index is 748. The van der Waals surface area contributed by atoms with Crippen LogP contribution in [0.1, 0.15) is 24.0 Å². The molecule has 122 valence electrons. The lowest BCUT2D eigenvalue weighted by Crippen LogP contribution is -1.95. The molecule has 3 rings (SSSR count). The molecule has 1 aliphatic carbocycles. The van der Waals surface area contributed by atoms with Gasteiger partial charge in [-0.05, 0) is 60.4 Å². The Morgan fingerprint density at radius 2 is 1.25 bits per heavy atom. The minimum absolute atomic E-state index is 0.126. The monoisotopic (exact) mass is 320 g/mol. The number of methoxy groups -OCH3 is 2. The average Bonchev–Trinajstić information content (AvgIpc) is 2.95. The number of hydrogen-bond donors (Lipinski definition) is 0. The Morgan fingerprint density at radius 3 is 1.67 bits per heavy atom. The molecule has 0 spiro atoms. The molecule has 0 saturated heterocycles. The maximum Gasteiger partial charge on any atom is 0.185 e. The van der Waals surface area contributed by atoms with E-state index >= 15 is 0 Å². The van der Waals surface area contributed by atoms with E-state index in [1.54, 1.807) is 14.2 Å². The Labute approximate surface area is 142 Å². The van der Waals surface area contributed by atoms with Crippen molar-refractivity contribution in [3.8, 4) is 11.5 Å². The standard InChI is InChI=1S/C21H20O3/c1-23-19-7-3-5-15(13-19)11-17-9-10-18(21(17)22)12-16-6-4-8-20(14-16)24-2/h3-8,11-14H,9-10H2,1-2H3/b17-11-,18-12+. The molecule has 0 N–H and O–H groups in total. The average molecular weight is 320 g/mol. The first-order chi connectivity index (χ1) is 11.7. The van der Waals surface area contributed by atoms with Gasteiger partial charge in [-0.3, -0.25) is 4.79 Å². The van der Waals surface area contributed by atoms with E-state index in [2.05, 4.69) is 0 Å². The zero-order chi connectivity index (χ0) is 16.9. The van der Waals surface area contributed by atoms with Crippen LogP contribution in [0.15, 0.2) is 59.7 Å². The number of hydrogen-bond acceptors (Lipinski definition) is 3. The number of benzene rings is 2. The van der Waals surface area contributed by atoms with Gasteiger partial charge in [-0.2, -0.15) is 0 Å². The molecule has 0 amide bonds. The van der Waals surface area contributed by atoms with E-state index in [4.69, 9.17) is 9.47 Å². The number of ether oxygens (including phenoxy) is 2. The highest BCUT2D eigenvalue weighted by atomic mass is 16.5. The van der Waals surface area contributed by atoms with Crippen LogP contribution in [-0.2, 0) is 4.79 Å². The zero-order valence-corrected chi connectivity index (χ0v) is 13.9. The third kappa shape index (κ3) is 3.57. The predicted octanol–water partition coefficient (Wildman–Crippen LogP) is 4.53. The predicted molar refractivity (Wildman–Crippen MR) is 96.2 cm³/mol. The van der Waals surface area contributed by atoms with Crippen LogP contribution >= 0.6 is 0 Å². The first-order valence-electron chi connectivity index (χ1n) is 7.93. The van der Waals surface area contributed by atoms with Gasteiger partial charge in [0.2, 0.25) is 0 Å². The quantitative estimate of drug-likeness (QED) is 0.776. The van der Waals surface area contributed by atoms with Crippen molar-refractivity contribution >= 4 is 17.9 Å². The van der Waals surface area contributed by atoms with Crippen molar-refractivity contribution < 1.29 is 14.3 Å². The van der Waals surface area contributed by atoms with E-state index in [0.29, 0.717) is 0 Å². The first kappa shape index (κ1) is 16.1. The van der Waals surface area contributed by atoms with E-state index < -0.39 is 0 Å². The summed E-state index contributed by atoms with van der Waals surface area (Å²) in [5.74, 6) is 1.71. The fraction of sp³-hybridized carbons (Fsp3) is 0.190. The second-order valence-electron chi connectivity index (χ2n) is 5.72. The topological polar surface area (TPSA) is 35.5 Å². The lowest BCUT2D eigenvalue weighted by atomic mass is 10.1. The summed E-state index contributed by atoms with van der Waals surface area (Å²) in [5, 5.41) is 0. The molecule has 1 saturated carbocycles. The minimum atomic E-state index is 0.126. The molecule has 0 bridgehead atoms. The second-order valence-corrected chi connectivity index (χ2v) is 5.72. The van der Waals surface area contributed by atoms with Crippen molar-refractivity contribution in [2.45, 2.75) is 12.8 Å². The van der Waals surface area contributed by atoms with Crippen LogP contribution in [0, 0.1) is 0 Å². The van der Waals surface area contributed by atoms with Crippen molar-refractivity contribution in [1.29, 1.82) is 0 Å². The summed E-state index contributed by atoms with van der Waals surface area (Å²) in [7, 11) is 3.28. The Hall–Kier alpha value is -2.81. The minimum Gasteiger partial charge on any atom is -0.497 e. The highest BCUT2D eigenvalue weighted by molar-refractivity contribution is 6.15. The summed E-state index contributed by atoms with van der Waals surface area (Å²) in [6, 6.07) is 15.5. The molecule has 3 heteroatoms. The van der Waals surface area contributed by atoms with Crippen molar-refractivity contribution in [3.05, 3.63) is 70.8 Å². The third-order valence-electron chi connectivity index (χ3n) is 4.12. The molecule has 1 fully saturated rings. The highest BCUT2D eigenvalue weighted by Crippen LogP contribution is 2.30. The van der Waals surface area contributed by atoms with Gasteiger partial charge in [-0.25, -0.2) is 0 Å². The molecule has 24 heavy (non-hydrogen) atoms. The normalized spacial score (nSPS) is 17.5. The molecular formula is C21H20O3. The molecule has 2 aromatic carbocycles. The van der Waals surface area contributed by atoms with Gasteiger partial charge in [0.25, 0.3) is 0 Å². The molecule has 0 radical (unpaired) electrons. The molecule has 0 unspecified atom stereocenters. The molecule has 0 aliphatic heterocycles. The van der Waals surface area contributed by atoms with Crippen LogP contribution in [0.3, 0.4) is 0 Å². The first-order valence-corrected chi connectivity index (χ1v) is 7.93. The largest absolute Gasteiger partial charge is 0.497 e. The van der Waals surface area contributed by atoms with Gasteiger partial charge in [-0.15, -0.1) is 0 Å². The fourth-order valence-electron chi connectivity index (χ4n) is 2.84. The lowest BCUT2D eigenvalue weighted by Gasteiger charge is -2.02. The van der Waals surface area contributed by atoms with Gasteiger partial charge >= 0.3 is 0 Å². The van der Waals surface area contributed by atoms with Crippen LogP contribution in [0.25, 0.3) is 12.2 Å². The summed E-state index contributed by atoms with van der Waals surface area (Å²) >= 11 is 0. The maximum absolute atomic E-state index is 12.6. The molecule has 2 aromatic rings. The van der Waals surface area contributed by atoms with Crippen LogP contribution in [0.5, 0.6) is 11.5 Å². The number of allylic oxidation sites excluding steroid dienone is 2. The molecular weight excluding hydrogens is 300 g/mol. The van der Waals surface area contributed by atoms with Crippen molar-refractivity contribution in [2.24, 2.45) is 0 Å². The fourth-order valence-corrected chi connectivity index (χ4v) is 2.84. The van der Waals surface area contributed by atoms with E-state index in [1.807, 2.05) is 60.7 Å². The molecule has 0 atom stereocenters. The number of carbonyl (C=O) groups excluding carboxylic acids is 1. The summed E-state index contributed by atoms with van der Waals surface area (Å²) in [6.07, 6.45) is 5.45. The number of rotatable bonds is 4. The van der Waals surface area contributed by atoms with E-state index in [0.717, 1.165) is 46.6 Å². The van der Waals surface area contributed by atoms with Gasteiger partial charge in [0, 0.05) is 11.1 Å². The summed E-state index contributed by atoms with van der Waals surface area (Å²) in [5.41, 5.74) is 3.66. The van der Waals surface area contributed by atoms with E-state index in [1.165, 1.54) is 0 Å². The third-order valence-corrected chi connectivity index (χ3v) is 4.12.